The quantitative estimate of drug-likeness (QED) is 0.395. The number of hydrogen-bond donors (Lipinski definition) is 1. The van der Waals surface area contributed by atoms with Gasteiger partial charge in [-0.1, -0.05) is 0 Å². The Morgan fingerprint density at radius 3 is 1.25 bits per heavy atom. The van der Waals surface area contributed by atoms with E-state index in [2.05, 4.69) is 0 Å². The van der Waals surface area contributed by atoms with E-state index in [1.165, 1.54) is 0 Å². The van der Waals surface area contributed by atoms with Gasteiger partial charge in [-0.2, -0.15) is 0 Å². The lowest BCUT2D eigenvalue weighted by Gasteiger charge is -0.837. The third-order valence-electron chi connectivity index (χ3n) is 0. The molecule has 22 valence electrons. The summed E-state index contributed by atoms with van der Waals surface area (Å²) in [6.45, 7) is 2.00. The van der Waals surface area contributed by atoms with E-state index in [0.717, 1.165) is 0 Å². The van der Waals surface area contributed by atoms with E-state index in [4.69, 9.17) is 4.79 Å². The minimum Gasteiger partial charge on any atom is -0.344 e. The molecule has 0 amide bonds. The third kappa shape index (κ3) is 29.8. The van der Waals surface area contributed by atoms with E-state index >= 15 is 0 Å². The van der Waals surface area contributed by atoms with Crippen molar-refractivity contribution in [3.05, 3.63) is 0 Å². The highest BCUT2D eigenvalue weighted by Crippen LogP contribution is 0.494. The molecule has 0 atom stereocenters. The Hall–Kier alpha value is 0.396. The summed E-state index contributed by atoms with van der Waals surface area (Å²) < 4.78 is 0. The Kier molecular flexibility index (Phi) is 808. The average Bonchev–Trinajstić information content (AvgIpc) is 1.00. The zero-order valence-corrected chi connectivity index (χ0v) is 3.94. The van der Waals surface area contributed by atoms with Crippen LogP contribution in [0.2, 0.25) is 0 Å². The molecule has 0 unspecified atom stereocenters. The summed E-state index contributed by atoms with van der Waals surface area (Å²) >= 11 is 0. The van der Waals surface area contributed by atoms with Crippen LogP contribution in [0.1, 0.15) is 0 Å². The summed E-state index contributed by atoms with van der Waals surface area (Å²) in [7, 11) is 0. The van der Waals surface area contributed by atoms with Crippen LogP contribution in [0.5, 0.6) is 0 Å². The molecule has 0 saturated heterocycles. The summed E-state index contributed by atoms with van der Waals surface area (Å²) in [4.78, 5) is 8.00. The van der Waals surface area contributed by atoms with Gasteiger partial charge in [-0.15, -0.1) is 0 Å². The van der Waals surface area contributed by atoms with Crippen molar-refractivity contribution < 1.29 is 4.79 Å². The summed E-state index contributed by atoms with van der Waals surface area (Å²) in [5, 5.41) is 0. The zero-order valence-electron chi connectivity index (χ0n) is 2.53. The van der Waals surface area contributed by atoms with Gasteiger partial charge in [-0.05, 0) is 0 Å². The second kappa shape index (κ2) is 124. The lowest BCUT2D eigenvalue weighted by Crippen LogP contribution is -0.925. The standard InChI is InChI=1S/CH2O.Mg.H3N/c1-2;;/h1H2;;1H3. The van der Waals surface area contributed by atoms with Crippen molar-refractivity contribution in [1.29, 1.82) is 0 Å². The summed E-state index contributed by atoms with van der Waals surface area (Å²) in [5.74, 6) is 0. The van der Waals surface area contributed by atoms with E-state index in [1.54, 1.807) is 0 Å². The minimum absolute atomic E-state index is 0. The van der Waals surface area contributed by atoms with Crippen molar-refractivity contribution in [3.8, 4) is 0 Å². The van der Waals surface area contributed by atoms with Gasteiger partial charge in [0.05, 0.1) is 0 Å². The van der Waals surface area contributed by atoms with Gasteiger partial charge in [0.15, 0.2) is 0 Å². The molecule has 4 heavy (non-hydrogen) atoms. The van der Waals surface area contributed by atoms with Crippen LogP contribution in [0.25, 0.3) is 0 Å². The maximum absolute atomic E-state index is 8.00. The van der Waals surface area contributed by atoms with E-state index in [9.17, 15) is 0 Å². The SMILES string of the molecule is C=O.N.[Mg]. The molecule has 0 bridgehead atoms. The highest BCUT2D eigenvalue weighted by atomic mass is 24.3. The number of hydrogen-bond acceptors (Lipinski definition) is 2. The fourth-order valence-corrected chi connectivity index (χ4v) is 0. The highest BCUT2D eigenvalue weighted by Gasteiger charge is 0.636. The van der Waals surface area contributed by atoms with Gasteiger partial charge in [0, 0.05) is 23.1 Å². The molecule has 0 aliphatic rings. The highest BCUT2D eigenvalue weighted by molar-refractivity contribution is 5.75. The molecular formula is CH5MgNO. The molecule has 3 N–H and O–H groups in total. The van der Waals surface area contributed by atoms with Crippen molar-refractivity contribution in [2.45, 2.75) is 0 Å². The molecule has 3 heteroatoms. The number of carbonyl (C=O) groups excluding carboxylic acids is 1. The van der Waals surface area contributed by atoms with Crippen LogP contribution in [-0.2, 0) is 4.79 Å². The van der Waals surface area contributed by atoms with E-state index in [1.807, 2.05) is 6.79 Å². The largest absolute Gasteiger partial charge is 0.344 e. The fourth-order valence-electron chi connectivity index (χ4n) is 0. The molecule has 0 rings (SSSR count). The lowest BCUT2D eigenvalue weighted by molar-refractivity contribution is -0.0979. The second-order valence-corrected chi connectivity index (χ2v) is 0. The monoisotopic (exact) mass is 71.0 g/mol. The maximum Gasteiger partial charge on any atom is 0.106 e. The van der Waals surface area contributed by atoms with Crippen LogP contribution in [0, 0.1) is 0 Å². The maximum atomic E-state index is 8.00. The van der Waals surface area contributed by atoms with E-state index < -0.39 is 0 Å². The second-order valence-electron chi connectivity index (χ2n) is 0. The third-order valence-corrected chi connectivity index (χ3v) is 0. The molecular weight excluding hydrogens is 66.3 g/mol. The van der Waals surface area contributed by atoms with Crippen LogP contribution in [-0.4, -0.2) is 29.8 Å². The van der Waals surface area contributed by atoms with Gasteiger partial charge < -0.3 is 10.9 Å². The Labute approximate surface area is 41.3 Å². The van der Waals surface area contributed by atoms with Gasteiger partial charge in [0.2, 0.25) is 0 Å². The molecule has 0 aromatic heterocycles. The number of carbonyl (C=O) groups is 1. The average molecular weight is 71.4 g/mol. The summed E-state index contributed by atoms with van der Waals surface area (Å²) in [5.41, 5.74) is 0. The number of rotatable bonds is 0. The normalized spacial score (nSPS) is 1.00. The van der Waals surface area contributed by atoms with Crippen molar-refractivity contribution in [1.82, 2.24) is 6.15 Å². The minimum atomic E-state index is 0. The Morgan fingerprint density at radius 2 is 1.25 bits per heavy atom. The van der Waals surface area contributed by atoms with Crippen LogP contribution in [0.3, 0.4) is 0 Å². The molecule has 2 nitrogen and oxygen atoms in total. The van der Waals surface area contributed by atoms with Gasteiger partial charge in [0.1, 0.15) is 6.79 Å². The summed E-state index contributed by atoms with van der Waals surface area (Å²) in [6, 6.07) is 0. The first-order valence-electron chi connectivity index (χ1n) is 0.289. The molecule has 0 heterocycles. The van der Waals surface area contributed by atoms with E-state index in [-0.39, 0.29) is 29.2 Å². The van der Waals surface area contributed by atoms with Gasteiger partial charge >= 0.3 is 0 Å². The predicted octanol–water partition coefficient (Wildman–Crippen LogP) is -0.404. The zero-order chi connectivity index (χ0) is 2.00. The Bertz CT molecular complexity index is 8.00. The lowest BCUT2D eigenvalue weighted by atomic mass is 11.9. The van der Waals surface area contributed by atoms with Crippen LogP contribution >= 0.6 is 0 Å². The molecule has 0 saturated carbocycles. The predicted molar refractivity (Wildman–Crippen MR) is 17.9 cm³/mol. The smallest absolute Gasteiger partial charge is 0.106 e. The van der Waals surface area contributed by atoms with E-state index in [0.29, 0.717) is 0 Å². The van der Waals surface area contributed by atoms with Crippen molar-refractivity contribution in [2.24, 2.45) is 0 Å². The molecule has 0 aliphatic carbocycles. The molecule has 2 radical (unpaired) electrons. The van der Waals surface area contributed by atoms with Gasteiger partial charge in [-0.3, -0.25) is 0 Å². The van der Waals surface area contributed by atoms with Crippen LogP contribution in [0.4, 0.5) is 0 Å². The van der Waals surface area contributed by atoms with Gasteiger partial charge in [-0.25, -0.2) is 0 Å². The van der Waals surface area contributed by atoms with Crippen LogP contribution < -0.4 is 6.15 Å². The first-order valence-corrected chi connectivity index (χ1v) is 0.289. The first-order chi connectivity index (χ1) is 1.00. The Morgan fingerprint density at radius 1 is 1.25 bits per heavy atom. The fraction of sp³-hybridized carbons (Fsp3) is 0. The first kappa shape index (κ1) is 26.0. The molecule has 0 aromatic carbocycles. The van der Waals surface area contributed by atoms with Gasteiger partial charge in [0.25, 0.3) is 0 Å². The van der Waals surface area contributed by atoms with Crippen molar-refractivity contribution in [3.63, 3.8) is 0 Å². The van der Waals surface area contributed by atoms with Crippen LogP contribution in [0.15, 0.2) is 0 Å². The summed E-state index contributed by atoms with van der Waals surface area (Å²) in [6.07, 6.45) is 0. The molecule has 0 aromatic rings. The Balaban J connectivity index is -0.00000000500. The molecule has 0 aliphatic heterocycles. The van der Waals surface area contributed by atoms with Crippen molar-refractivity contribution in [2.75, 3.05) is 0 Å². The topological polar surface area (TPSA) is 52.1 Å². The molecule has 0 fully saturated rings. The molecule has 0 spiro atoms. The van der Waals surface area contributed by atoms with Crippen molar-refractivity contribution >= 4 is 29.8 Å².